The van der Waals surface area contributed by atoms with E-state index in [1.807, 2.05) is 30.3 Å². The van der Waals surface area contributed by atoms with Gasteiger partial charge in [-0.2, -0.15) is 0 Å². The molecule has 0 aliphatic heterocycles. The van der Waals surface area contributed by atoms with Crippen LogP contribution in [0.25, 0.3) is 0 Å². The summed E-state index contributed by atoms with van der Waals surface area (Å²) in [6.07, 6.45) is 1.51. The molecule has 1 amide bonds. The highest BCUT2D eigenvalue weighted by molar-refractivity contribution is 6.30. The van der Waals surface area contributed by atoms with Gasteiger partial charge in [0.15, 0.2) is 0 Å². The van der Waals surface area contributed by atoms with Gasteiger partial charge in [-0.15, -0.1) is 11.6 Å². The predicted molar refractivity (Wildman–Crippen MR) is 58.5 cm³/mol. The molecule has 0 spiro atoms. The molecule has 3 heteroatoms. The number of benzene rings is 1. The Hall–Kier alpha value is -1.02. The number of amides is 1. The molecule has 0 radical (unpaired) electrons. The first kappa shape index (κ1) is 11.1. The van der Waals surface area contributed by atoms with E-state index in [2.05, 4.69) is 5.32 Å². The van der Waals surface area contributed by atoms with Crippen LogP contribution in [0.15, 0.2) is 30.3 Å². The summed E-state index contributed by atoms with van der Waals surface area (Å²) in [5.41, 5.74) is 1.21. The molecule has 0 aromatic heterocycles. The highest BCUT2D eigenvalue weighted by Crippen LogP contribution is 2.09. The Morgan fingerprint density at radius 2 is 2.07 bits per heavy atom. The van der Waals surface area contributed by atoms with Crippen LogP contribution in [0.1, 0.15) is 12.0 Å². The average molecular weight is 212 g/mol. The number of nitrogens with one attached hydrogen (secondary N) is 1. The fraction of sp³-hybridized carbons (Fsp3) is 0.364. The van der Waals surface area contributed by atoms with Crippen LogP contribution in [0.3, 0.4) is 0 Å². The number of alkyl halides is 1. The molecule has 0 heterocycles. The molecule has 1 unspecified atom stereocenters. The summed E-state index contributed by atoms with van der Waals surface area (Å²) in [7, 11) is 1.60. The predicted octanol–water partition coefficient (Wildman–Crippen LogP) is 1.97. The van der Waals surface area contributed by atoms with Gasteiger partial charge in [0, 0.05) is 7.05 Å². The largest absolute Gasteiger partial charge is 0.358 e. The van der Waals surface area contributed by atoms with E-state index >= 15 is 0 Å². The molecule has 0 bridgehead atoms. The van der Waals surface area contributed by atoms with Crippen molar-refractivity contribution >= 4 is 17.5 Å². The molecule has 0 fully saturated rings. The summed E-state index contributed by atoms with van der Waals surface area (Å²) in [6.45, 7) is 0. The number of rotatable bonds is 4. The number of carbonyl (C=O) groups excluding carboxylic acids is 1. The lowest BCUT2D eigenvalue weighted by Gasteiger charge is -2.07. The Balaban J connectivity index is 2.38. The van der Waals surface area contributed by atoms with Gasteiger partial charge in [-0.05, 0) is 18.4 Å². The van der Waals surface area contributed by atoms with Crippen LogP contribution in [0.2, 0.25) is 0 Å². The van der Waals surface area contributed by atoms with Crippen LogP contribution in [-0.4, -0.2) is 18.3 Å². The molecule has 1 rings (SSSR count). The Morgan fingerprint density at radius 1 is 1.43 bits per heavy atom. The van der Waals surface area contributed by atoms with Gasteiger partial charge >= 0.3 is 0 Å². The molecule has 0 aliphatic rings. The van der Waals surface area contributed by atoms with Crippen LogP contribution in [0, 0.1) is 0 Å². The monoisotopic (exact) mass is 211 g/mol. The third kappa shape index (κ3) is 3.38. The summed E-state index contributed by atoms with van der Waals surface area (Å²) in [5, 5.41) is 2.10. The number of halogens is 1. The first-order chi connectivity index (χ1) is 6.74. The SMILES string of the molecule is CNC(=O)C(Cl)CCc1ccccc1. The van der Waals surface area contributed by atoms with Gasteiger partial charge in [-0.3, -0.25) is 4.79 Å². The quantitative estimate of drug-likeness (QED) is 0.759. The number of carbonyl (C=O) groups is 1. The second-order valence-corrected chi connectivity index (χ2v) is 3.63. The maximum atomic E-state index is 11.1. The van der Waals surface area contributed by atoms with Crippen molar-refractivity contribution in [2.75, 3.05) is 7.05 Å². The summed E-state index contributed by atoms with van der Waals surface area (Å²) in [5.74, 6) is -0.109. The molecule has 76 valence electrons. The van der Waals surface area contributed by atoms with Crippen LogP contribution < -0.4 is 5.32 Å². The number of hydrogen-bond acceptors (Lipinski definition) is 1. The lowest BCUT2D eigenvalue weighted by Crippen LogP contribution is -2.28. The van der Waals surface area contributed by atoms with Gasteiger partial charge in [-0.1, -0.05) is 30.3 Å². The molecular weight excluding hydrogens is 198 g/mol. The first-order valence-electron chi connectivity index (χ1n) is 4.63. The second kappa shape index (κ2) is 5.66. The standard InChI is InChI=1S/C11H14ClNO/c1-13-11(14)10(12)8-7-9-5-3-2-4-6-9/h2-6,10H,7-8H2,1H3,(H,13,14). The van der Waals surface area contributed by atoms with E-state index in [0.717, 1.165) is 6.42 Å². The number of aryl methyl sites for hydroxylation is 1. The molecule has 1 aromatic carbocycles. The van der Waals surface area contributed by atoms with Gasteiger partial charge in [0.25, 0.3) is 0 Å². The fourth-order valence-corrected chi connectivity index (χ4v) is 1.44. The minimum atomic E-state index is -0.430. The Labute approximate surface area is 89.3 Å². The maximum absolute atomic E-state index is 11.1. The van der Waals surface area contributed by atoms with Gasteiger partial charge in [0.05, 0.1) is 0 Å². The van der Waals surface area contributed by atoms with E-state index in [1.54, 1.807) is 7.05 Å². The molecule has 0 saturated heterocycles. The first-order valence-corrected chi connectivity index (χ1v) is 5.07. The fourth-order valence-electron chi connectivity index (χ4n) is 1.23. The van der Waals surface area contributed by atoms with Crippen LogP contribution in [-0.2, 0) is 11.2 Å². The van der Waals surface area contributed by atoms with Crippen molar-refractivity contribution < 1.29 is 4.79 Å². The molecule has 1 N–H and O–H groups in total. The Kier molecular flexibility index (Phi) is 4.47. The zero-order valence-corrected chi connectivity index (χ0v) is 8.92. The van der Waals surface area contributed by atoms with E-state index in [1.165, 1.54) is 5.56 Å². The van der Waals surface area contributed by atoms with Crippen LogP contribution >= 0.6 is 11.6 Å². The topological polar surface area (TPSA) is 29.1 Å². The maximum Gasteiger partial charge on any atom is 0.237 e. The van der Waals surface area contributed by atoms with Crippen LogP contribution in [0.4, 0.5) is 0 Å². The van der Waals surface area contributed by atoms with E-state index < -0.39 is 5.38 Å². The molecule has 1 atom stereocenters. The zero-order chi connectivity index (χ0) is 10.4. The number of hydrogen-bond donors (Lipinski definition) is 1. The molecular formula is C11H14ClNO. The highest BCUT2D eigenvalue weighted by Gasteiger charge is 2.12. The van der Waals surface area contributed by atoms with E-state index in [9.17, 15) is 4.79 Å². The van der Waals surface area contributed by atoms with E-state index in [-0.39, 0.29) is 5.91 Å². The molecule has 14 heavy (non-hydrogen) atoms. The van der Waals surface area contributed by atoms with Gasteiger partial charge in [0.2, 0.25) is 5.91 Å². The van der Waals surface area contributed by atoms with Crippen molar-refractivity contribution in [1.29, 1.82) is 0 Å². The smallest absolute Gasteiger partial charge is 0.237 e. The summed E-state index contributed by atoms with van der Waals surface area (Å²) in [4.78, 5) is 11.1. The van der Waals surface area contributed by atoms with Crippen molar-refractivity contribution in [2.45, 2.75) is 18.2 Å². The average Bonchev–Trinajstić information content (AvgIpc) is 2.26. The lowest BCUT2D eigenvalue weighted by molar-refractivity contribution is -0.120. The Morgan fingerprint density at radius 3 is 2.64 bits per heavy atom. The highest BCUT2D eigenvalue weighted by atomic mass is 35.5. The minimum absolute atomic E-state index is 0.109. The summed E-state index contributed by atoms with van der Waals surface area (Å²) >= 11 is 5.87. The van der Waals surface area contributed by atoms with Gasteiger partial charge in [0.1, 0.15) is 5.38 Å². The van der Waals surface area contributed by atoms with E-state index in [4.69, 9.17) is 11.6 Å². The van der Waals surface area contributed by atoms with Gasteiger partial charge < -0.3 is 5.32 Å². The van der Waals surface area contributed by atoms with Crippen molar-refractivity contribution in [2.24, 2.45) is 0 Å². The van der Waals surface area contributed by atoms with Crippen LogP contribution in [0.5, 0.6) is 0 Å². The summed E-state index contributed by atoms with van der Waals surface area (Å²) < 4.78 is 0. The molecule has 0 aliphatic carbocycles. The molecule has 2 nitrogen and oxygen atoms in total. The minimum Gasteiger partial charge on any atom is -0.358 e. The second-order valence-electron chi connectivity index (χ2n) is 3.11. The van der Waals surface area contributed by atoms with Crippen molar-refractivity contribution in [1.82, 2.24) is 5.32 Å². The summed E-state index contributed by atoms with van der Waals surface area (Å²) in [6, 6.07) is 10.0. The lowest BCUT2D eigenvalue weighted by atomic mass is 10.1. The third-order valence-electron chi connectivity index (χ3n) is 2.06. The van der Waals surface area contributed by atoms with Gasteiger partial charge in [-0.25, -0.2) is 0 Å². The Bertz CT molecular complexity index is 287. The zero-order valence-electron chi connectivity index (χ0n) is 8.16. The third-order valence-corrected chi connectivity index (χ3v) is 2.48. The van der Waals surface area contributed by atoms with Crippen molar-refractivity contribution in [3.8, 4) is 0 Å². The molecule has 0 saturated carbocycles. The van der Waals surface area contributed by atoms with Crippen molar-refractivity contribution in [3.05, 3.63) is 35.9 Å². The van der Waals surface area contributed by atoms with Crippen molar-refractivity contribution in [3.63, 3.8) is 0 Å². The molecule has 1 aromatic rings. The normalized spacial score (nSPS) is 12.1. The van der Waals surface area contributed by atoms with E-state index in [0.29, 0.717) is 6.42 Å².